The number of hydrogen-bond donors (Lipinski definition) is 3. The number of anilines is 1. The lowest BCUT2D eigenvalue weighted by Gasteiger charge is -2.09. The minimum absolute atomic E-state index is 0.0386. The predicted octanol–water partition coefficient (Wildman–Crippen LogP) is 2.07. The number of aryl methyl sites for hydroxylation is 1. The summed E-state index contributed by atoms with van der Waals surface area (Å²) in [5, 5.41) is 6.23. The highest BCUT2D eigenvalue weighted by atomic mass is 16.1. The molecule has 6 heteroatoms. The zero-order chi connectivity index (χ0) is 16.9. The summed E-state index contributed by atoms with van der Waals surface area (Å²) in [7, 11) is 0. The van der Waals surface area contributed by atoms with Crippen LogP contribution in [0.15, 0.2) is 35.1 Å². The number of aromatic amines is 1. The van der Waals surface area contributed by atoms with Crippen LogP contribution < -0.4 is 16.2 Å². The van der Waals surface area contributed by atoms with Crippen LogP contribution in [0.5, 0.6) is 0 Å². The molecule has 1 amide bonds. The Morgan fingerprint density at radius 1 is 1.33 bits per heavy atom. The van der Waals surface area contributed by atoms with Gasteiger partial charge < -0.3 is 15.6 Å². The Balaban J connectivity index is 1.59. The van der Waals surface area contributed by atoms with Gasteiger partial charge in [-0.2, -0.15) is 0 Å². The average molecular weight is 326 g/mol. The van der Waals surface area contributed by atoms with Crippen molar-refractivity contribution in [1.29, 1.82) is 0 Å². The Bertz CT molecular complexity index is 761. The number of carbonyl (C=O) groups is 1. The van der Waals surface area contributed by atoms with Crippen LogP contribution >= 0.6 is 0 Å². The molecular formula is C18H22N4O2. The third kappa shape index (κ3) is 4.29. The van der Waals surface area contributed by atoms with Gasteiger partial charge in [0, 0.05) is 29.4 Å². The maximum absolute atomic E-state index is 12.0. The Morgan fingerprint density at radius 3 is 2.79 bits per heavy atom. The van der Waals surface area contributed by atoms with Crippen molar-refractivity contribution in [3.63, 3.8) is 0 Å². The summed E-state index contributed by atoms with van der Waals surface area (Å²) < 4.78 is 0. The minimum Gasteiger partial charge on any atom is -0.326 e. The fraction of sp³-hybridized carbons (Fsp3) is 0.389. The first-order chi connectivity index (χ1) is 11.6. The highest BCUT2D eigenvalue weighted by molar-refractivity contribution is 5.90. The van der Waals surface area contributed by atoms with Crippen molar-refractivity contribution in [2.75, 3.05) is 18.4 Å². The van der Waals surface area contributed by atoms with E-state index in [1.54, 1.807) is 6.92 Å². The highest BCUT2D eigenvalue weighted by Gasteiger charge is 2.15. The first-order valence-corrected chi connectivity index (χ1v) is 8.29. The summed E-state index contributed by atoms with van der Waals surface area (Å²) in [6.45, 7) is 3.86. The zero-order valence-corrected chi connectivity index (χ0v) is 13.8. The molecule has 0 bridgehead atoms. The van der Waals surface area contributed by atoms with Crippen molar-refractivity contribution in [1.82, 2.24) is 15.3 Å². The summed E-state index contributed by atoms with van der Waals surface area (Å²) >= 11 is 0. The maximum atomic E-state index is 12.0. The molecular weight excluding hydrogens is 304 g/mol. The van der Waals surface area contributed by atoms with E-state index >= 15 is 0 Å². The van der Waals surface area contributed by atoms with Crippen molar-refractivity contribution in [2.45, 2.75) is 26.2 Å². The van der Waals surface area contributed by atoms with Crippen molar-refractivity contribution >= 4 is 11.6 Å². The lowest BCUT2D eigenvalue weighted by molar-refractivity contribution is -0.116. The molecule has 6 nitrogen and oxygen atoms in total. The van der Waals surface area contributed by atoms with Crippen LogP contribution in [0.1, 0.15) is 25.0 Å². The van der Waals surface area contributed by atoms with E-state index in [1.807, 2.05) is 24.3 Å². The number of amides is 1. The van der Waals surface area contributed by atoms with Gasteiger partial charge in [0.05, 0.1) is 0 Å². The number of rotatable bonds is 5. The van der Waals surface area contributed by atoms with E-state index in [-0.39, 0.29) is 11.5 Å². The van der Waals surface area contributed by atoms with E-state index in [0.717, 1.165) is 37.2 Å². The van der Waals surface area contributed by atoms with Crippen LogP contribution in [0.3, 0.4) is 0 Å². The molecule has 3 N–H and O–H groups in total. The summed E-state index contributed by atoms with van der Waals surface area (Å²) in [6, 6.07) is 8.79. The molecule has 1 aromatic carbocycles. The second-order valence-electron chi connectivity index (χ2n) is 6.26. The summed E-state index contributed by atoms with van der Waals surface area (Å²) in [6.07, 6.45) is 2.62. The quantitative estimate of drug-likeness (QED) is 0.785. The molecule has 1 aliphatic heterocycles. The summed E-state index contributed by atoms with van der Waals surface area (Å²) in [5.74, 6) is 1.19. The molecule has 24 heavy (non-hydrogen) atoms. The van der Waals surface area contributed by atoms with Gasteiger partial charge in [-0.1, -0.05) is 0 Å². The number of nitrogens with zero attached hydrogens (tertiary/aromatic N) is 1. The van der Waals surface area contributed by atoms with Crippen molar-refractivity contribution in [2.24, 2.45) is 5.92 Å². The molecule has 2 aromatic rings. The number of carbonyl (C=O) groups excluding carboxylic acids is 1. The van der Waals surface area contributed by atoms with Crippen LogP contribution in [0.4, 0.5) is 5.69 Å². The first kappa shape index (κ1) is 16.4. The van der Waals surface area contributed by atoms with Crippen LogP contribution in [0.25, 0.3) is 11.4 Å². The molecule has 0 radical (unpaired) electrons. The number of aromatic nitrogens is 2. The van der Waals surface area contributed by atoms with E-state index in [4.69, 9.17) is 0 Å². The molecule has 1 aliphatic rings. The van der Waals surface area contributed by atoms with Gasteiger partial charge in [0.25, 0.3) is 5.56 Å². The smallest absolute Gasteiger partial charge is 0.251 e. The number of hydrogen-bond acceptors (Lipinski definition) is 4. The van der Waals surface area contributed by atoms with E-state index in [1.165, 1.54) is 6.07 Å². The average Bonchev–Trinajstić information content (AvgIpc) is 3.06. The van der Waals surface area contributed by atoms with Gasteiger partial charge in [-0.15, -0.1) is 0 Å². The fourth-order valence-corrected chi connectivity index (χ4v) is 2.95. The molecule has 126 valence electrons. The van der Waals surface area contributed by atoms with Gasteiger partial charge in [-0.05, 0) is 63.0 Å². The van der Waals surface area contributed by atoms with E-state index in [0.29, 0.717) is 23.9 Å². The van der Waals surface area contributed by atoms with Crippen molar-refractivity contribution in [3.05, 3.63) is 46.4 Å². The van der Waals surface area contributed by atoms with Gasteiger partial charge in [0.1, 0.15) is 5.82 Å². The molecule has 2 heterocycles. The number of nitrogens with one attached hydrogen (secondary N) is 3. The summed E-state index contributed by atoms with van der Waals surface area (Å²) in [4.78, 5) is 30.6. The van der Waals surface area contributed by atoms with Gasteiger partial charge in [-0.25, -0.2) is 4.98 Å². The number of H-pyrrole nitrogens is 1. The number of benzene rings is 1. The van der Waals surface area contributed by atoms with Crippen LogP contribution in [0.2, 0.25) is 0 Å². The van der Waals surface area contributed by atoms with E-state index in [2.05, 4.69) is 20.6 Å². The van der Waals surface area contributed by atoms with Crippen LogP contribution in [0, 0.1) is 12.8 Å². The van der Waals surface area contributed by atoms with Crippen LogP contribution in [-0.4, -0.2) is 29.0 Å². The molecule has 1 atom stereocenters. The molecule has 1 saturated heterocycles. The SMILES string of the molecule is Cc1cc(=O)[nH]c(-c2ccc(NC(=O)CCC3CCNC3)cc2)n1. The van der Waals surface area contributed by atoms with Gasteiger partial charge in [0.2, 0.25) is 5.91 Å². The molecule has 1 unspecified atom stereocenters. The Kier molecular flexibility index (Phi) is 5.05. The van der Waals surface area contributed by atoms with Gasteiger partial charge in [0.15, 0.2) is 0 Å². The molecule has 0 saturated carbocycles. The fourth-order valence-electron chi connectivity index (χ4n) is 2.95. The zero-order valence-electron chi connectivity index (χ0n) is 13.8. The van der Waals surface area contributed by atoms with Crippen molar-refractivity contribution in [3.8, 4) is 11.4 Å². The monoisotopic (exact) mass is 326 g/mol. The topological polar surface area (TPSA) is 86.9 Å². The molecule has 0 spiro atoms. The Labute approximate surface area is 140 Å². The Hall–Kier alpha value is -2.47. The normalized spacial score (nSPS) is 17.0. The van der Waals surface area contributed by atoms with E-state index in [9.17, 15) is 9.59 Å². The van der Waals surface area contributed by atoms with Crippen LogP contribution in [-0.2, 0) is 4.79 Å². The molecule has 1 aromatic heterocycles. The second-order valence-corrected chi connectivity index (χ2v) is 6.26. The highest BCUT2D eigenvalue weighted by Crippen LogP contribution is 2.19. The Morgan fingerprint density at radius 2 is 2.12 bits per heavy atom. The van der Waals surface area contributed by atoms with Gasteiger partial charge >= 0.3 is 0 Å². The van der Waals surface area contributed by atoms with Crippen molar-refractivity contribution < 1.29 is 4.79 Å². The molecule has 3 rings (SSSR count). The summed E-state index contributed by atoms with van der Waals surface area (Å²) in [5.41, 5.74) is 2.07. The second kappa shape index (κ2) is 7.40. The molecule has 1 fully saturated rings. The first-order valence-electron chi connectivity index (χ1n) is 8.29. The predicted molar refractivity (Wildman–Crippen MR) is 93.9 cm³/mol. The lowest BCUT2D eigenvalue weighted by atomic mass is 10.0. The third-order valence-electron chi connectivity index (χ3n) is 4.25. The van der Waals surface area contributed by atoms with E-state index < -0.39 is 0 Å². The lowest BCUT2D eigenvalue weighted by Crippen LogP contribution is -2.15. The maximum Gasteiger partial charge on any atom is 0.251 e. The standard InChI is InChI=1S/C18H22N4O2/c1-12-10-17(24)22-18(20-12)14-3-5-15(6-4-14)21-16(23)7-2-13-8-9-19-11-13/h3-6,10,13,19H,2,7-9,11H2,1H3,(H,21,23)(H,20,22,24). The molecule has 0 aliphatic carbocycles. The van der Waals surface area contributed by atoms with Gasteiger partial charge in [-0.3, -0.25) is 9.59 Å². The third-order valence-corrected chi connectivity index (χ3v) is 4.25. The minimum atomic E-state index is -0.170. The largest absolute Gasteiger partial charge is 0.326 e.